The predicted molar refractivity (Wildman–Crippen MR) is 115 cm³/mol. The van der Waals surface area contributed by atoms with Gasteiger partial charge in [-0.1, -0.05) is 6.07 Å². The monoisotopic (exact) mass is 459 g/mol. The molecule has 2 N–H and O–H groups in total. The second-order valence-corrected chi connectivity index (χ2v) is 7.09. The summed E-state index contributed by atoms with van der Waals surface area (Å²) < 4.78 is 40.5. The first-order chi connectivity index (χ1) is 15.9. The molecule has 0 atom stereocenters. The highest BCUT2D eigenvalue weighted by atomic mass is 19.4. The fourth-order valence-corrected chi connectivity index (χ4v) is 3.21. The number of carbonyl (C=O) groups excluding carboxylic acids is 1. The molecule has 172 valence electrons. The topological polar surface area (TPSA) is 95.5 Å². The van der Waals surface area contributed by atoms with Crippen LogP contribution in [0.2, 0.25) is 0 Å². The number of benzene rings is 1. The summed E-state index contributed by atoms with van der Waals surface area (Å²) in [6.07, 6.45) is -3.08. The van der Waals surface area contributed by atoms with Crippen LogP contribution in [0.5, 0.6) is 5.75 Å². The molecule has 1 aliphatic heterocycles. The first kappa shape index (κ1) is 22.1. The van der Waals surface area contributed by atoms with Gasteiger partial charge in [0, 0.05) is 38.1 Å². The van der Waals surface area contributed by atoms with Crippen LogP contribution in [-0.2, 0) is 0 Å². The largest absolute Gasteiger partial charge is 0.573 e. The highest BCUT2D eigenvalue weighted by molar-refractivity contribution is 5.89. The Morgan fingerprint density at radius 3 is 2.27 bits per heavy atom. The molecule has 1 saturated heterocycles. The minimum absolute atomic E-state index is 0.333. The number of anilines is 4. The molecule has 0 unspecified atom stereocenters. The number of amides is 2. The Hall–Kier alpha value is -4.09. The number of nitrogens with zero attached hydrogens (tertiary/aromatic N) is 5. The first-order valence-corrected chi connectivity index (χ1v) is 10.0. The zero-order valence-corrected chi connectivity index (χ0v) is 17.3. The average molecular weight is 459 g/mol. The lowest BCUT2D eigenvalue weighted by atomic mass is 10.3. The minimum Gasteiger partial charge on any atom is -0.406 e. The van der Waals surface area contributed by atoms with Crippen LogP contribution < -0.4 is 20.3 Å². The predicted octanol–water partition coefficient (Wildman–Crippen LogP) is 3.87. The highest BCUT2D eigenvalue weighted by Gasteiger charge is 2.31. The van der Waals surface area contributed by atoms with Crippen molar-refractivity contribution in [1.29, 1.82) is 0 Å². The maximum absolute atomic E-state index is 12.5. The summed E-state index contributed by atoms with van der Waals surface area (Å²) in [5.41, 5.74) is 0.374. The first-order valence-electron chi connectivity index (χ1n) is 10.0. The van der Waals surface area contributed by atoms with E-state index in [0.717, 1.165) is 12.1 Å². The molecule has 2 aromatic heterocycles. The number of hydrogen-bond acceptors (Lipinski definition) is 7. The standard InChI is InChI=1S/C21H20F3N7O2/c22-21(23,24)33-16-6-4-15(5-7-16)26-20(32)31-13-11-30(12-14-31)19-9-8-18(28-29-19)27-17-3-1-2-10-25-17/h1-10H,11-14H2,(H,26,32)(H,25,27,28). The molecule has 33 heavy (non-hydrogen) atoms. The Morgan fingerprint density at radius 1 is 0.909 bits per heavy atom. The van der Waals surface area contributed by atoms with E-state index in [9.17, 15) is 18.0 Å². The molecule has 0 radical (unpaired) electrons. The Labute approximate surface area is 187 Å². The number of piperazine rings is 1. The fraction of sp³-hybridized carbons (Fsp3) is 0.238. The van der Waals surface area contributed by atoms with E-state index in [-0.39, 0.29) is 11.8 Å². The second kappa shape index (κ2) is 9.59. The molecule has 0 bridgehead atoms. The summed E-state index contributed by atoms with van der Waals surface area (Å²) >= 11 is 0. The number of halogens is 3. The number of urea groups is 1. The Kier molecular flexibility index (Phi) is 6.43. The lowest BCUT2D eigenvalue weighted by molar-refractivity contribution is -0.274. The van der Waals surface area contributed by atoms with Crippen LogP contribution in [-0.4, -0.2) is 58.7 Å². The van der Waals surface area contributed by atoms with Gasteiger partial charge in [0.2, 0.25) is 0 Å². The van der Waals surface area contributed by atoms with E-state index >= 15 is 0 Å². The molecular formula is C21H20F3N7O2. The summed E-state index contributed by atoms with van der Waals surface area (Å²) in [5.74, 6) is 1.59. The summed E-state index contributed by atoms with van der Waals surface area (Å²) in [6, 6.07) is 13.8. The van der Waals surface area contributed by atoms with Crippen molar-refractivity contribution in [2.75, 3.05) is 41.7 Å². The van der Waals surface area contributed by atoms with Gasteiger partial charge in [0.15, 0.2) is 11.6 Å². The van der Waals surface area contributed by atoms with Gasteiger partial charge in [-0.15, -0.1) is 23.4 Å². The molecule has 0 saturated carbocycles. The van der Waals surface area contributed by atoms with E-state index in [2.05, 4.69) is 30.6 Å². The zero-order valence-electron chi connectivity index (χ0n) is 17.3. The Bertz CT molecular complexity index is 1060. The van der Waals surface area contributed by atoms with Crippen LogP contribution in [0.25, 0.3) is 0 Å². The van der Waals surface area contributed by atoms with Gasteiger partial charge in [-0.2, -0.15) is 0 Å². The van der Waals surface area contributed by atoms with Gasteiger partial charge in [-0.25, -0.2) is 9.78 Å². The quantitative estimate of drug-likeness (QED) is 0.598. The smallest absolute Gasteiger partial charge is 0.406 e. The Balaban J connectivity index is 1.26. The van der Waals surface area contributed by atoms with Crippen molar-refractivity contribution in [1.82, 2.24) is 20.1 Å². The van der Waals surface area contributed by atoms with Gasteiger partial charge in [-0.05, 0) is 48.5 Å². The number of aromatic nitrogens is 3. The van der Waals surface area contributed by atoms with E-state index in [1.165, 1.54) is 12.1 Å². The average Bonchev–Trinajstić information content (AvgIpc) is 2.81. The van der Waals surface area contributed by atoms with Crippen LogP contribution in [0.1, 0.15) is 0 Å². The van der Waals surface area contributed by atoms with E-state index in [1.54, 1.807) is 11.1 Å². The number of nitrogens with one attached hydrogen (secondary N) is 2. The number of carbonyl (C=O) groups is 1. The van der Waals surface area contributed by atoms with Crippen molar-refractivity contribution in [2.45, 2.75) is 6.36 Å². The molecule has 4 rings (SSSR count). The number of ether oxygens (including phenoxy) is 1. The van der Waals surface area contributed by atoms with Crippen LogP contribution in [0.4, 0.5) is 41.1 Å². The molecule has 1 fully saturated rings. The van der Waals surface area contributed by atoms with Gasteiger partial charge in [-0.3, -0.25) is 0 Å². The third kappa shape index (κ3) is 6.21. The summed E-state index contributed by atoms with van der Waals surface area (Å²) in [6.45, 7) is 2.04. The van der Waals surface area contributed by atoms with E-state index in [4.69, 9.17) is 0 Å². The third-order valence-corrected chi connectivity index (χ3v) is 4.80. The molecule has 3 heterocycles. The molecule has 1 aliphatic rings. The molecule has 0 spiro atoms. The zero-order chi connectivity index (χ0) is 23.3. The Morgan fingerprint density at radius 2 is 1.67 bits per heavy atom. The number of hydrogen-bond donors (Lipinski definition) is 2. The van der Waals surface area contributed by atoms with E-state index < -0.39 is 6.36 Å². The van der Waals surface area contributed by atoms with Gasteiger partial charge < -0.3 is 25.2 Å². The third-order valence-electron chi connectivity index (χ3n) is 4.80. The molecule has 1 aromatic carbocycles. The lowest BCUT2D eigenvalue weighted by Gasteiger charge is -2.35. The van der Waals surface area contributed by atoms with Crippen LogP contribution in [0.15, 0.2) is 60.8 Å². The molecule has 2 amide bonds. The maximum atomic E-state index is 12.5. The SMILES string of the molecule is O=C(Nc1ccc(OC(F)(F)F)cc1)N1CCN(c2ccc(Nc3ccccn3)nn2)CC1. The van der Waals surface area contributed by atoms with Crippen molar-refractivity contribution < 1.29 is 22.7 Å². The molecule has 12 heteroatoms. The van der Waals surface area contributed by atoms with Crippen LogP contribution in [0.3, 0.4) is 0 Å². The van der Waals surface area contributed by atoms with Gasteiger partial charge >= 0.3 is 12.4 Å². The van der Waals surface area contributed by atoms with Gasteiger partial charge in [0.1, 0.15) is 11.6 Å². The van der Waals surface area contributed by atoms with Crippen LogP contribution in [0, 0.1) is 0 Å². The van der Waals surface area contributed by atoms with Crippen molar-refractivity contribution >= 4 is 29.2 Å². The number of pyridine rings is 1. The summed E-state index contributed by atoms with van der Waals surface area (Å²) in [7, 11) is 0. The van der Waals surface area contributed by atoms with Gasteiger partial charge in [0.25, 0.3) is 0 Å². The lowest BCUT2D eigenvalue weighted by Crippen LogP contribution is -2.50. The fourth-order valence-electron chi connectivity index (χ4n) is 3.21. The van der Waals surface area contributed by atoms with Crippen LogP contribution >= 0.6 is 0 Å². The molecule has 9 nitrogen and oxygen atoms in total. The maximum Gasteiger partial charge on any atom is 0.573 e. The number of alkyl halides is 3. The van der Waals surface area contributed by atoms with E-state index in [0.29, 0.717) is 49.3 Å². The highest BCUT2D eigenvalue weighted by Crippen LogP contribution is 2.24. The minimum atomic E-state index is -4.76. The molecule has 0 aliphatic carbocycles. The normalized spacial score (nSPS) is 14.0. The van der Waals surface area contributed by atoms with Crippen molar-refractivity contribution in [2.24, 2.45) is 0 Å². The van der Waals surface area contributed by atoms with Crippen molar-refractivity contribution in [3.05, 3.63) is 60.8 Å². The molecule has 3 aromatic rings. The van der Waals surface area contributed by atoms with Gasteiger partial charge in [0.05, 0.1) is 0 Å². The van der Waals surface area contributed by atoms with Crippen molar-refractivity contribution in [3.63, 3.8) is 0 Å². The summed E-state index contributed by atoms with van der Waals surface area (Å²) in [5, 5.41) is 14.2. The van der Waals surface area contributed by atoms with Crippen molar-refractivity contribution in [3.8, 4) is 5.75 Å². The number of rotatable bonds is 5. The van der Waals surface area contributed by atoms with E-state index in [1.807, 2.05) is 35.2 Å². The molecular weight excluding hydrogens is 439 g/mol. The summed E-state index contributed by atoms with van der Waals surface area (Å²) in [4.78, 5) is 20.3. The second-order valence-electron chi connectivity index (χ2n) is 7.09.